The molecule has 0 saturated carbocycles. The van der Waals surface area contributed by atoms with Crippen molar-refractivity contribution in [3.05, 3.63) is 25.3 Å². The third-order valence-corrected chi connectivity index (χ3v) is 17.2. The molecule has 1 aliphatic rings. The third kappa shape index (κ3) is 5.41. The first-order valence-electron chi connectivity index (χ1n) is 12.5. The lowest BCUT2D eigenvalue weighted by molar-refractivity contribution is -0.110. The van der Waals surface area contributed by atoms with E-state index >= 15 is 0 Å². The summed E-state index contributed by atoms with van der Waals surface area (Å²) in [6.07, 6.45) is 5.97. The number of nitrogens with zero attached hydrogens (tertiary/aromatic N) is 4. The first-order valence-corrected chi connectivity index (χ1v) is 18.3. The van der Waals surface area contributed by atoms with Gasteiger partial charge in [0.1, 0.15) is 17.9 Å². The molecule has 3 rings (SSSR count). The van der Waals surface area contributed by atoms with E-state index in [0.29, 0.717) is 36.4 Å². The number of fused-ring (bicyclic) bond motifs is 1. The predicted octanol–water partition coefficient (Wildman–Crippen LogP) is 5.84. The number of nitrogens with two attached hydrogens (primary N) is 1. The molecule has 0 unspecified atom stereocenters. The minimum absolute atomic E-state index is 0.0743. The van der Waals surface area contributed by atoms with Crippen molar-refractivity contribution >= 4 is 33.6 Å². The lowest BCUT2D eigenvalue weighted by atomic mass is 10.0. The lowest BCUT2D eigenvalue weighted by Crippen LogP contribution is -2.48. The highest BCUT2D eigenvalue weighted by Crippen LogP contribution is 2.46. The van der Waals surface area contributed by atoms with Crippen LogP contribution in [0.1, 0.15) is 54.4 Å². The van der Waals surface area contributed by atoms with Crippen molar-refractivity contribution in [3.63, 3.8) is 0 Å². The number of anilines is 1. The Morgan fingerprint density at radius 2 is 1.74 bits per heavy atom. The van der Waals surface area contributed by atoms with Crippen LogP contribution in [-0.4, -0.2) is 55.0 Å². The van der Waals surface area contributed by atoms with Crippen molar-refractivity contribution in [1.82, 2.24) is 19.5 Å². The van der Waals surface area contributed by atoms with Crippen LogP contribution in [-0.2, 0) is 19.3 Å². The first-order chi connectivity index (χ1) is 15.9. The monoisotopic (exact) mass is 519 g/mol. The van der Waals surface area contributed by atoms with Gasteiger partial charge in [-0.2, -0.15) is 0 Å². The third-order valence-electron chi connectivity index (χ3n) is 8.24. The van der Waals surface area contributed by atoms with Crippen molar-refractivity contribution in [2.75, 3.05) is 12.3 Å². The number of rotatable bonds is 8. The summed E-state index contributed by atoms with van der Waals surface area (Å²) in [5.41, 5.74) is 6.56. The minimum Gasteiger partial charge on any atom is -0.414 e. The van der Waals surface area contributed by atoms with E-state index in [9.17, 15) is 0 Å². The fourth-order valence-corrected chi connectivity index (χ4v) is 6.29. The van der Waals surface area contributed by atoms with E-state index in [0.717, 1.165) is 0 Å². The molecule has 2 aromatic rings. The van der Waals surface area contributed by atoms with E-state index in [2.05, 4.69) is 89.3 Å². The van der Waals surface area contributed by atoms with E-state index in [1.165, 1.54) is 6.33 Å². The number of hydrogen-bond donors (Lipinski definition) is 1. The highest BCUT2D eigenvalue weighted by atomic mass is 28.4. The van der Waals surface area contributed by atoms with E-state index in [1.807, 2.05) is 10.6 Å². The van der Waals surface area contributed by atoms with Crippen molar-refractivity contribution < 1.29 is 13.6 Å². The molecule has 1 fully saturated rings. The summed E-state index contributed by atoms with van der Waals surface area (Å²) in [7, 11) is -4.06. The van der Waals surface area contributed by atoms with Gasteiger partial charge in [0.05, 0.1) is 19.0 Å². The van der Waals surface area contributed by atoms with Gasteiger partial charge in [-0.25, -0.2) is 15.0 Å². The fraction of sp³-hybridized carbons (Fsp3) is 0.720. The molecular formula is C25H45N5O3Si2. The first kappa shape index (κ1) is 28.0. The molecule has 0 radical (unpaired) electrons. The summed E-state index contributed by atoms with van der Waals surface area (Å²) >= 11 is 0. The molecule has 1 saturated heterocycles. The van der Waals surface area contributed by atoms with Crippen molar-refractivity contribution in [1.29, 1.82) is 0 Å². The van der Waals surface area contributed by atoms with Crippen LogP contribution >= 0.6 is 0 Å². The van der Waals surface area contributed by atoms with E-state index in [1.54, 1.807) is 6.33 Å². The van der Waals surface area contributed by atoms with Crippen molar-refractivity contribution in [2.45, 2.75) is 109 Å². The Bertz CT molecular complexity index is 1060. The van der Waals surface area contributed by atoms with Gasteiger partial charge in [0.25, 0.3) is 0 Å². The van der Waals surface area contributed by atoms with Gasteiger partial charge in [-0.05, 0) is 36.3 Å². The van der Waals surface area contributed by atoms with Gasteiger partial charge < -0.3 is 19.3 Å². The Balaban J connectivity index is 2.03. The largest absolute Gasteiger partial charge is 0.414 e. The van der Waals surface area contributed by atoms with Gasteiger partial charge in [-0.1, -0.05) is 47.6 Å². The SMILES string of the molecule is C=CC[C@]1(n2cnc3c(N)ncnc32)C[C@H](O[Si](C)(C)C(C)(C)C)[C@@H](CO[Si](C)(C)C(C)(C)C)O1. The zero-order chi connectivity index (χ0) is 26.4. The quantitative estimate of drug-likeness (QED) is 0.346. The normalized spacial score (nSPS) is 24.3. The second-order valence-corrected chi connectivity index (χ2v) is 22.4. The van der Waals surface area contributed by atoms with Gasteiger partial charge in [-0.3, -0.25) is 4.57 Å². The highest BCUT2D eigenvalue weighted by Gasteiger charge is 2.52. The van der Waals surface area contributed by atoms with Crippen molar-refractivity contribution in [2.24, 2.45) is 0 Å². The van der Waals surface area contributed by atoms with Crippen molar-refractivity contribution in [3.8, 4) is 0 Å². The molecule has 0 spiro atoms. The topological polar surface area (TPSA) is 97.3 Å². The van der Waals surface area contributed by atoms with Gasteiger partial charge in [0.15, 0.2) is 33.8 Å². The maximum absolute atomic E-state index is 6.99. The van der Waals surface area contributed by atoms with Gasteiger partial charge in [0, 0.05) is 12.8 Å². The Kier molecular flexibility index (Phi) is 7.49. The minimum atomic E-state index is -2.08. The van der Waals surface area contributed by atoms with E-state index in [-0.39, 0.29) is 22.3 Å². The summed E-state index contributed by atoms with van der Waals surface area (Å²) in [6, 6.07) is 0. The predicted molar refractivity (Wildman–Crippen MR) is 147 cm³/mol. The van der Waals surface area contributed by atoms with Crippen LogP contribution in [0.15, 0.2) is 25.3 Å². The molecule has 1 aliphatic heterocycles. The molecular weight excluding hydrogens is 474 g/mol. The number of hydrogen-bond acceptors (Lipinski definition) is 7. The standard InChI is InChI=1S/C25H45N5O3Si2/c1-12-13-25(30-17-29-20-21(26)27-16-28-22(20)30)14-18(33-35(10,11)24(5,6)7)19(32-25)15-31-34(8,9)23(2,3)4/h12,16-19H,1,13-15H2,2-11H3,(H2,26,27,28)/t18-,19+,25+/m0/s1. The van der Waals surface area contributed by atoms with Crippen LogP contribution in [0.2, 0.25) is 36.3 Å². The Labute approximate surface area is 212 Å². The lowest BCUT2D eigenvalue weighted by Gasteiger charge is -2.40. The second-order valence-electron chi connectivity index (χ2n) is 12.8. The molecule has 8 nitrogen and oxygen atoms in total. The van der Waals surface area contributed by atoms with Crippen LogP contribution in [0.5, 0.6) is 0 Å². The van der Waals surface area contributed by atoms with Gasteiger partial charge in [0.2, 0.25) is 0 Å². The number of imidazole rings is 1. The van der Waals surface area contributed by atoms with Gasteiger partial charge in [-0.15, -0.1) is 6.58 Å². The second kappa shape index (κ2) is 9.37. The summed E-state index contributed by atoms with van der Waals surface area (Å²) in [4.78, 5) is 13.1. The highest BCUT2D eigenvalue weighted by molar-refractivity contribution is 6.74. The summed E-state index contributed by atoms with van der Waals surface area (Å²) in [5, 5.41) is 0.180. The molecule has 0 amide bonds. The summed E-state index contributed by atoms with van der Waals surface area (Å²) in [6.45, 7) is 27.2. The molecule has 0 bridgehead atoms. The van der Waals surface area contributed by atoms with Crippen LogP contribution < -0.4 is 5.73 Å². The molecule has 3 heterocycles. The van der Waals surface area contributed by atoms with Crippen LogP contribution in [0.4, 0.5) is 5.82 Å². The number of nitrogen functional groups attached to an aromatic ring is 1. The molecule has 196 valence electrons. The molecule has 2 aromatic heterocycles. The zero-order valence-electron chi connectivity index (χ0n) is 23.3. The summed E-state index contributed by atoms with van der Waals surface area (Å²) < 4.78 is 22.5. The average molecular weight is 520 g/mol. The van der Waals surface area contributed by atoms with Crippen LogP contribution in [0.25, 0.3) is 11.2 Å². The summed E-state index contributed by atoms with van der Waals surface area (Å²) in [5.74, 6) is 0.354. The van der Waals surface area contributed by atoms with E-state index in [4.69, 9.17) is 19.3 Å². The number of aromatic nitrogens is 4. The van der Waals surface area contributed by atoms with Crippen LogP contribution in [0, 0.1) is 0 Å². The fourth-order valence-electron chi connectivity index (χ4n) is 3.93. The zero-order valence-corrected chi connectivity index (χ0v) is 25.3. The van der Waals surface area contributed by atoms with E-state index < -0.39 is 22.4 Å². The smallest absolute Gasteiger partial charge is 0.192 e. The molecule has 0 aromatic carbocycles. The Hall–Kier alpha value is -1.60. The number of ether oxygens (including phenoxy) is 1. The maximum Gasteiger partial charge on any atom is 0.192 e. The maximum atomic E-state index is 6.99. The Morgan fingerprint density at radius 3 is 2.31 bits per heavy atom. The molecule has 10 heteroatoms. The molecule has 3 atom stereocenters. The molecule has 35 heavy (non-hydrogen) atoms. The van der Waals surface area contributed by atoms with Crippen LogP contribution in [0.3, 0.4) is 0 Å². The molecule has 0 aliphatic carbocycles. The van der Waals surface area contributed by atoms with Gasteiger partial charge >= 0.3 is 0 Å². The average Bonchev–Trinajstić information content (AvgIpc) is 3.28. The Morgan fingerprint density at radius 1 is 1.11 bits per heavy atom. The molecule has 2 N–H and O–H groups in total.